The van der Waals surface area contributed by atoms with Crippen molar-refractivity contribution in [1.29, 1.82) is 0 Å². The summed E-state index contributed by atoms with van der Waals surface area (Å²) in [5, 5.41) is 9.60. The monoisotopic (exact) mass is 267 g/mol. The van der Waals surface area contributed by atoms with E-state index >= 15 is 0 Å². The summed E-state index contributed by atoms with van der Waals surface area (Å²) in [4.78, 5) is 2.36. The summed E-state index contributed by atoms with van der Waals surface area (Å²) in [6.45, 7) is 4.29. The van der Waals surface area contributed by atoms with Gasteiger partial charge in [0.25, 0.3) is 0 Å². The van der Waals surface area contributed by atoms with E-state index in [0.717, 1.165) is 12.8 Å². The van der Waals surface area contributed by atoms with Gasteiger partial charge in [-0.1, -0.05) is 12.1 Å². The highest BCUT2D eigenvalue weighted by molar-refractivity contribution is 5.54. The van der Waals surface area contributed by atoms with Gasteiger partial charge in [0.15, 0.2) is 0 Å². The first-order valence-corrected chi connectivity index (χ1v) is 7.17. The molecular formula is C18H21NO. The zero-order chi connectivity index (χ0) is 14.3. The fourth-order valence-corrected chi connectivity index (χ4v) is 3.32. The van der Waals surface area contributed by atoms with E-state index in [1.54, 1.807) is 6.07 Å². The van der Waals surface area contributed by atoms with E-state index in [9.17, 15) is 5.11 Å². The Bertz CT molecular complexity index is 628. The fourth-order valence-electron chi connectivity index (χ4n) is 3.32. The van der Waals surface area contributed by atoms with Crippen LogP contribution in [-0.4, -0.2) is 12.2 Å². The van der Waals surface area contributed by atoms with Crippen LogP contribution in [0.4, 0.5) is 5.69 Å². The summed E-state index contributed by atoms with van der Waals surface area (Å²) >= 11 is 0. The number of rotatable bonds is 2. The molecule has 0 fully saturated rings. The molecule has 0 bridgehead atoms. The maximum Gasteiger partial charge on any atom is 0.115 e. The number of benzene rings is 2. The number of hydrogen-bond acceptors (Lipinski definition) is 2. The molecule has 0 radical (unpaired) electrons. The summed E-state index contributed by atoms with van der Waals surface area (Å²) < 4.78 is 0. The molecule has 3 rings (SSSR count). The SMILES string of the molecule is Cc1cc(C)cc(N(C)C2CCc3cc(O)ccc32)c1. The Balaban J connectivity index is 1.95. The molecule has 0 amide bonds. The number of phenolic OH excluding ortho intramolecular Hbond substituents is 1. The van der Waals surface area contributed by atoms with Crippen molar-refractivity contribution < 1.29 is 5.11 Å². The Labute approximate surface area is 120 Å². The average molecular weight is 267 g/mol. The molecule has 0 saturated heterocycles. The van der Waals surface area contributed by atoms with Gasteiger partial charge in [-0.3, -0.25) is 0 Å². The van der Waals surface area contributed by atoms with Crippen molar-refractivity contribution in [2.75, 3.05) is 11.9 Å². The molecule has 0 aliphatic heterocycles. The van der Waals surface area contributed by atoms with Gasteiger partial charge in [0.05, 0.1) is 6.04 Å². The van der Waals surface area contributed by atoms with Crippen molar-refractivity contribution in [2.24, 2.45) is 0 Å². The second kappa shape index (κ2) is 4.86. The molecule has 2 aromatic carbocycles. The molecule has 1 unspecified atom stereocenters. The van der Waals surface area contributed by atoms with E-state index in [2.05, 4.69) is 50.1 Å². The van der Waals surface area contributed by atoms with Gasteiger partial charge in [-0.25, -0.2) is 0 Å². The first-order valence-electron chi connectivity index (χ1n) is 7.17. The molecule has 2 aromatic rings. The third-order valence-corrected chi connectivity index (χ3v) is 4.25. The van der Waals surface area contributed by atoms with Crippen molar-refractivity contribution in [3.05, 3.63) is 58.7 Å². The topological polar surface area (TPSA) is 23.5 Å². The number of nitrogens with zero attached hydrogens (tertiary/aromatic N) is 1. The van der Waals surface area contributed by atoms with Gasteiger partial charge in [-0.15, -0.1) is 0 Å². The molecular weight excluding hydrogens is 246 g/mol. The lowest BCUT2D eigenvalue weighted by molar-refractivity contribution is 0.474. The normalized spacial score (nSPS) is 17.1. The van der Waals surface area contributed by atoms with Crippen LogP contribution in [-0.2, 0) is 6.42 Å². The maximum atomic E-state index is 9.60. The number of aromatic hydroxyl groups is 1. The summed E-state index contributed by atoms with van der Waals surface area (Å²) in [7, 11) is 2.17. The van der Waals surface area contributed by atoms with Crippen LogP contribution in [0.5, 0.6) is 5.75 Å². The Hall–Kier alpha value is -1.96. The minimum absolute atomic E-state index is 0.374. The minimum atomic E-state index is 0.374. The molecule has 2 nitrogen and oxygen atoms in total. The van der Waals surface area contributed by atoms with E-state index in [4.69, 9.17) is 0 Å². The molecule has 1 atom stereocenters. The average Bonchev–Trinajstić information content (AvgIpc) is 2.79. The van der Waals surface area contributed by atoms with Crippen molar-refractivity contribution in [1.82, 2.24) is 0 Å². The molecule has 1 aliphatic rings. The quantitative estimate of drug-likeness (QED) is 0.884. The van der Waals surface area contributed by atoms with Crippen LogP contribution in [0.15, 0.2) is 36.4 Å². The van der Waals surface area contributed by atoms with Crippen LogP contribution < -0.4 is 4.90 Å². The van der Waals surface area contributed by atoms with Crippen molar-refractivity contribution in [3.8, 4) is 5.75 Å². The molecule has 0 heterocycles. The smallest absolute Gasteiger partial charge is 0.115 e. The molecule has 104 valence electrons. The van der Waals surface area contributed by atoms with Gasteiger partial charge in [0.2, 0.25) is 0 Å². The summed E-state index contributed by atoms with van der Waals surface area (Å²) in [6, 6.07) is 12.9. The van der Waals surface area contributed by atoms with Crippen LogP contribution in [0.2, 0.25) is 0 Å². The minimum Gasteiger partial charge on any atom is -0.508 e. The zero-order valence-electron chi connectivity index (χ0n) is 12.4. The van der Waals surface area contributed by atoms with Crippen LogP contribution in [0.3, 0.4) is 0 Å². The summed E-state index contributed by atoms with van der Waals surface area (Å²) in [6.07, 6.45) is 2.16. The number of aryl methyl sites for hydroxylation is 3. The van der Waals surface area contributed by atoms with Gasteiger partial charge in [0, 0.05) is 12.7 Å². The van der Waals surface area contributed by atoms with Crippen molar-refractivity contribution >= 4 is 5.69 Å². The van der Waals surface area contributed by atoms with Gasteiger partial charge in [-0.2, -0.15) is 0 Å². The van der Waals surface area contributed by atoms with E-state index in [1.807, 2.05) is 6.07 Å². The number of phenols is 1. The van der Waals surface area contributed by atoms with E-state index in [0.29, 0.717) is 11.8 Å². The largest absolute Gasteiger partial charge is 0.508 e. The van der Waals surface area contributed by atoms with Gasteiger partial charge in [-0.05, 0) is 73.2 Å². The van der Waals surface area contributed by atoms with E-state index in [1.165, 1.54) is 27.9 Å². The van der Waals surface area contributed by atoms with Crippen LogP contribution >= 0.6 is 0 Å². The molecule has 1 N–H and O–H groups in total. The first-order chi connectivity index (χ1) is 9.54. The standard InChI is InChI=1S/C18H21NO/c1-12-8-13(2)10-15(9-12)19(3)18-7-4-14-11-16(20)5-6-17(14)18/h5-6,8-11,18,20H,4,7H2,1-3H3. The fraction of sp³-hybridized carbons (Fsp3) is 0.333. The first kappa shape index (κ1) is 13.0. The number of anilines is 1. The molecule has 0 spiro atoms. The Kier molecular flexibility index (Phi) is 3.17. The lowest BCUT2D eigenvalue weighted by atomic mass is 10.0. The second-order valence-electron chi connectivity index (χ2n) is 5.89. The van der Waals surface area contributed by atoms with Gasteiger partial charge < -0.3 is 10.0 Å². The van der Waals surface area contributed by atoms with Crippen LogP contribution in [0.1, 0.15) is 34.7 Å². The lowest BCUT2D eigenvalue weighted by Gasteiger charge is -2.28. The predicted octanol–water partition coefficient (Wildman–Crippen LogP) is 4.13. The summed E-state index contributed by atoms with van der Waals surface area (Å²) in [5.74, 6) is 0.374. The van der Waals surface area contributed by atoms with Crippen molar-refractivity contribution in [3.63, 3.8) is 0 Å². The molecule has 0 aromatic heterocycles. The Morgan fingerprint density at radius 1 is 1.05 bits per heavy atom. The zero-order valence-corrected chi connectivity index (χ0v) is 12.4. The van der Waals surface area contributed by atoms with Gasteiger partial charge >= 0.3 is 0 Å². The molecule has 20 heavy (non-hydrogen) atoms. The maximum absolute atomic E-state index is 9.60. The molecule has 1 aliphatic carbocycles. The Morgan fingerprint density at radius 3 is 2.45 bits per heavy atom. The Morgan fingerprint density at radius 2 is 1.75 bits per heavy atom. The highest BCUT2D eigenvalue weighted by Gasteiger charge is 2.26. The highest BCUT2D eigenvalue weighted by atomic mass is 16.3. The lowest BCUT2D eigenvalue weighted by Crippen LogP contribution is -2.22. The number of fused-ring (bicyclic) bond motifs is 1. The van der Waals surface area contributed by atoms with Gasteiger partial charge in [0.1, 0.15) is 5.75 Å². The third-order valence-electron chi connectivity index (χ3n) is 4.25. The van der Waals surface area contributed by atoms with E-state index < -0.39 is 0 Å². The third kappa shape index (κ3) is 2.26. The van der Waals surface area contributed by atoms with E-state index in [-0.39, 0.29) is 0 Å². The second-order valence-corrected chi connectivity index (χ2v) is 5.89. The molecule has 2 heteroatoms. The van der Waals surface area contributed by atoms with Crippen LogP contribution in [0, 0.1) is 13.8 Å². The van der Waals surface area contributed by atoms with Crippen molar-refractivity contribution in [2.45, 2.75) is 32.7 Å². The highest BCUT2D eigenvalue weighted by Crippen LogP contribution is 2.39. The molecule has 0 saturated carbocycles. The number of hydrogen-bond donors (Lipinski definition) is 1. The predicted molar refractivity (Wildman–Crippen MR) is 83.5 cm³/mol. The summed E-state index contributed by atoms with van der Waals surface area (Å²) in [5.41, 5.74) is 6.51. The van der Waals surface area contributed by atoms with Crippen LogP contribution in [0.25, 0.3) is 0 Å².